The van der Waals surface area contributed by atoms with Crippen LogP contribution in [0.25, 0.3) is 0 Å². The third kappa shape index (κ3) is 3.94. The summed E-state index contributed by atoms with van der Waals surface area (Å²) in [6, 6.07) is 9.45. The number of piperidine rings is 1. The van der Waals surface area contributed by atoms with Gasteiger partial charge in [-0.15, -0.1) is 5.10 Å². The second-order valence-corrected chi connectivity index (χ2v) is 7.18. The molecule has 0 radical (unpaired) electrons. The van der Waals surface area contributed by atoms with Gasteiger partial charge in [0, 0.05) is 19.0 Å². The van der Waals surface area contributed by atoms with Crippen molar-refractivity contribution in [3.8, 4) is 5.75 Å². The Hall–Kier alpha value is -2.51. The summed E-state index contributed by atoms with van der Waals surface area (Å²) in [4.78, 5) is 14.4. The first-order chi connectivity index (χ1) is 13.1. The highest BCUT2D eigenvalue weighted by molar-refractivity contribution is 5.93. The number of likely N-dealkylation sites (tertiary alicyclic amines) is 1. The first kappa shape index (κ1) is 17.9. The van der Waals surface area contributed by atoms with Gasteiger partial charge in [-0.05, 0) is 37.8 Å². The maximum atomic E-state index is 13.5. The summed E-state index contributed by atoms with van der Waals surface area (Å²) in [7, 11) is 0. The van der Waals surface area contributed by atoms with Crippen molar-refractivity contribution >= 4 is 5.91 Å². The molecule has 27 heavy (non-hydrogen) atoms. The van der Waals surface area contributed by atoms with E-state index in [0.717, 1.165) is 31.4 Å². The van der Waals surface area contributed by atoms with Crippen molar-refractivity contribution in [2.45, 2.75) is 38.2 Å². The maximum Gasteiger partial charge on any atom is 0.282 e. The topological polar surface area (TPSA) is 60.2 Å². The fraction of sp³-hybridized carbons (Fsp3) is 0.526. The molecule has 1 aliphatic heterocycles. The Labute approximate surface area is 156 Å². The zero-order chi connectivity index (χ0) is 18.8. The number of nitrogens with zero attached hydrogens (tertiary/aromatic N) is 4. The number of aromatic nitrogens is 3. The molecule has 0 spiro atoms. The average Bonchev–Trinajstić information content (AvgIpc) is 3.44. The van der Waals surface area contributed by atoms with E-state index >= 15 is 0 Å². The van der Waals surface area contributed by atoms with Gasteiger partial charge >= 0.3 is 0 Å². The van der Waals surface area contributed by atoms with Crippen molar-refractivity contribution in [1.82, 2.24) is 19.9 Å². The second kappa shape index (κ2) is 7.62. The number of carbonyl (C=O) groups is 1. The van der Waals surface area contributed by atoms with E-state index in [1.807, 2.05) is 30.3 Å². The van der Waals surface area contributed by atoms with Gasteiger partial charge in [0.2, 0.25) is 0 Å². The molecule has 1 saturated heterocycles. The van der Waals surface area contributed by atoms with Crippen LogP contribution in [0, 0.1) is 5.92 Å². The Balaban J connectivity index is 1.43. The van der Waals surface area contributed by atoms with Gasteiger partial charge in [-0.2, -0.15) is 0 Å². The number of hydrogen-bond donors (Lipinski definition) is 0. The lowest BCUT2D eigenvalue weighted by atomic mass is 9.98. The molecule has 2 fully saturated rings. The Kier molecular flexibility index (Phi) is 5.05. The number of para-hydroxylation sites is 1. The quantitative estimate of drug-likeness (QED) is 0.774. The number of carbonyl (C=O) groups excluding carboxylic acids is 1. The fourth-order valence-electron chi connectivity index (χ4n) is 3.51. The molecule has 1 amide bonds. The minimum Gasteiger partial charge on any atom is -0.493 e. The second-order valence-electron chi connectivity index (χ2n) is 7.18. The molecule has 2 aromatic rings. The Morgan fingerprint density at radius 2 is 2.00 bits per heavy atom. The molecular formula is C19H22F2N4O2. The van der Waals surface area contributed by atoms with E-state index in [4.69, 9.17) is 4.74 Å². The first-order valence-electron chi connectivity index (χ1n) is 9.34. The molecule has 1 aromatic carbocycles. The largest absolute Gasteiger partial charge is 0.493 e. The Bertz CT molecular complexity index is 792. The van der Waals surface area contributed by atoms with Crippen LogP contribution in [0.1, 0.15) is 54.3 Å². The normalized spacial score (nSPS) is 20.1. The van der Waals surface area contributed by atoms with E-state index in [0.29, 0.717) is 19.7 Å². The molecule has 6 nitrogen and oxygen atoms in total. The number of rotatable bonds is 6. The van der Waals surface area contributed by atoms with E-state index in [2.05, 4.69) is 10.3 Å². The van der Waals surface area contributed by atoms with Crippen molar-refractivity contribution in [2.75, 3.05) is 19.7 Å². The molecular weight excluding hydrogens is 354 g/mol. The van der Waals surface area contributed by atoms with Crippen LogP contribution in [0.5, 0.6) is 5.75 Å². The zero-order valence-corrected chi connectivity index (χ0v) is 14.9. The molecule has 1 atom stereocenters. The van der Waals surface area contributed by atoms with Crippen LogP contribution >= 0.6 is 0 Å². The number of ether oxygens (including phenoxy) is 1. The molecule has 2 heterocycles. The third-order valence-electron chi connectivity index (χ3n) is 5.07. The van der Waals surface area contributed by atoms with Crippen LogP contribution in [0.3, 0.4) is 0 Å². The molecule has 8 heteroatoms. The highest BCUT2D eigenvalue weighted by Crippen LogP contribution is 2.38. The van der Waals surface area contributed by atoms with Gasteiger partial charge in [0.1, 0.15) is 11.4 Å². The molecule has 4 rings (SSSR count). The molecule has 1 unspecified atom stereocenters. The average molecular weight is 376 g/mol. The molecule has 1 aromatic heterocycles. The summed E-state index contributed by atoms with van der Waals surface area (Å²) < 4.78 is 34.1. The van der Waals surface area contributed by atoms with Crippen molar-refractivity contribution in [3.05, 3.63) is 41.7 Å². The van der Waals surface area contributed by atoms with Gasteiger partial charge in [0.05, 0.1) is 12.6 Å². The zero-order valence-electron chi connectivity index (χ0n) is 14.9. The fourth-order valence-corrected chi connectivity index (χ4v) is 3.51. The smallest absolute Gasteiger partial charge is 0.282 e. The highest BCUT2D eigenvalue weighted by Gasteiger charge is 2.36. The molecule has 2 aliphatic rings. The number of amides is 1. The monoisotopic (exact) mass is 376 g/mol. The summed E-state index contributed by atoms with van der Waals surface area (Å²) >= 11 is 0. The number of benzene rings is 1. The summed E-state index contributed by atoms with van der Waals surface area (Å²) in [5.41, 5.74) is -0.549. The van der Waals surface area contributed by atoms with Crippen molar-refractivity contribution in [2.24, 2.45) is 5.92 Å². The standard InChI is InChI=1S/C19H22F2N4O2/c20-18(21)17-16(22-23-25(17)14-8-9-14)19(26)24-10-4-5-13(11-24)12-27-15-6-2-1-3-7-15/h1-3,6-7,13-14,18H,4-5,8-12H2. The summed E-state index contributed by atoms with van der Waals surface area (Å²) in [6.45, 7) is 1.51. The van der Waals surface area contributed by atoms with E-state index in [1.165, 1.54) is 4.68 Å². The van der Waals surface area contributed by atoms with Gasteiger partial charge < -0.3 is 9.64 Å². The summed E-state index contributed by atoms with van der Waals surface area (Å²) in [5, 5.41) is 7.63. The van der Waals surface area contributed by atoms with Crippen LogP contribution < -0.4 is 4.74 Å². The van der Waals surface area contributed by atoms with Gasteiger partial charge in [0.15, 0.2) is 5.69 Å². The van der Waals surface area contributed by atoms with Crippen molar-refractivity contribution in [1.29, 1.82) is 0 Å². The van der Waals surface area contributed by atoms with Crippen molar-refractivity contribution in [3.63, 3.8) is 0 Å². The van der Waals surface area contributed by atoms with Gasteiger partial charge in [-0.1, -0.05) is 23.4 Å². The van der Waals surface area contributed by atoms with E-state index in [-0.39, 0.29) is 23.3 Å². The summed E-state index contributed by atoms with van der Waals surface area (Å²) in [5.74, 6) is 0.492. The predicted octanol–water partition coefficient (Wildman–Crippen LogP) is 3.48. The lowest BCUT2D eigenvalue weighted by Gasteiger charge is -2.32. The first-order valence-corrected chi connectivity index (χ1v) is 9.34. The van der Waals surface area contributed by atoms with Crippen LogP contribution in [-0.2, 0) is 0 Å². The lowest BCUT2D eigenvalue weighted by Crippen LogP contribution is -2.42. The van der Waals surface area contributed by atoms with Gasteiger partial charge in [0.25, 0.3) is 12.3 Å². The van der Waals surface area contributed by atoms with E-state index < -0.39 is 12.3 Å². The summed E-state index contributed by atoms with van der Waals surface area (Å²) in [6.07, 6.45) is 0.600. The van der Waals surface area contributed by atoms with Crippen LogP contribution in [0.2, 0.25) is 0 Å². The van der Waals surface area contributed by atoms with Gasteiger partial charge in [-0.3, -0.25) is 4.79 Å². The molecule has 1 aliphatic carbocycles. The van der Waals surface area contributed by atoms with Gasteiger partial charge in [-0.25, -0.2) is 13.5 Å². The Morgan fingerprint density at radius 1 is 1.22 bits per heavy atom. The van der Waals surface area contributed by atoms with Crippen LogP contribution in [0.4, 0.5) is 8.78 Å². The third-order valence-corrected chi connectivity index (χ3v) is 5.07. The van der Waals surface area contributed by atoms with E-state index in [1.54, 1.807) is 4.90 Å². The van der Waals surface area contributed by atoms with E-state index in [9.17, 15) is 13.6 Å². The molecule has 0 N–H and O–H groups in total. The number of alkyl halides is 2. The molecule has 144 valence electrons. The minimum atomic E-state index is -2.76. The molecule has 0 bridgehead atoms. The predicted molar refractivity (Wildman–Crippen MR) is 93.8 cm³/mol. The van der Waals surface area contributed by atoms with Crippen molar-refractivity contribution < 1.29 is 18.3 Å². The number of halogens is 2. The lowest BCUT2D eigenvalue weighted by molar-refractivity contribution is 0.0615. The highest BCUT2D eigenvalue weighted by atomic mass is 19.3. The maximum absolute atomic E-state index is 13.5. The van der Waals surface area contributed by atoms with Crippen LogP contribution in [0.15, 0.2) is 30.3 Å². The SMILES string of the molecule is O=C(c1nnn(C2CC2)c1C(F)F)N1CCCC(COc2ccccc2)C1. The minimum absolute atomic E-state index is 0.0450. The Morgan fingerprint density at radius 3 is 2.70 bits per heavy atom. The molecule has 1 saturated carbocycles. The number of hydrogen-bond acceptors (Lipinski definition) is 4. The van der Waals surface area contributed by atoms with Crippen LogP contribution in [-0.4, -0.2) is 45.5 Å².